The van der Waals surface area contributed by atoms with Gasteiger partial charge < -0.3 is 36.3 Å². The largest absolute Gasteiger partial charge is 0.494 e. The molecule has 2 aliphatic heterocycles. The Morgan fingerprint density at radius 1 is 0.300 bits per heavy atom. The predicted molar refractivity (Wildman–Crippen MR) is 347 cm³/mol. The molecule has 2 fully saturated rings. The first-order valence-electron chi connectivity index (χ1n) is 31.3. The van der Waals surface area contributed by atoms with E-state index in [4.69, 9.17) is 36.3 Å². The summed E-state index contributed by atoms with van der Waals surface area (Å²) in [6.07, 6.45) is 18.7. The van der Waals surface area contributed by atoms with Crippen molar-refractivity contribution in [1.82, 2.24) is 0 Å². The lowest BCUT2D eigenvalue weighted by Gasteiger charge is -2.46. The van der Waals surface area contributed by atoms with Gasteiger partial charge in [-0.3, -0.25) is 0 Å². The second-order valence-electron chi connectivity index (χ2n) is 25.9. The average Bonchev–Trinajstić information content (AvgIpc) is 3.84. The molecule has 0 atom stereocenters. The van der Waals surface area contributed by atoms with Gasteiger partial charge in [-0.15, -0.1) is 0 Å². The zero-order valence-electron chi connectivity index (χ0n) is 53.5. The van der Waals surface area contributed by atoms with Crippen molar-refractivity contribution in [2.45, 2.75) is 256 Å². The summed E-state index contributed by atoms with van der Waals surface area (Å²) in [4.78, 5) is 0. The molecule has 8 nitrogen and oxygen atoms in total. The maximum absolute atomic E-state index is 7.85. The average molecular weight is 1160 g/mol. The maximum atomic E-state index is 7.85. The first-order chi connectivity index (χ1) is 37.7. The van der Waals surface area contributed by atoms with Crippen molar-refractivity contribution in [3.63, 3.8) is 0 Å². The lowest BCUT2D eigenvalue weighted by Crippen LogP contribution is -2.49. The number of hydrogen-bond donors (Lipinski definition) is 0. The third-order valence-electron chi connectivity index (χ3n) is 21.1. The minimum atomic E-state index is -2.26. The van der Waals surface area contributed by atoms with E-state index >= 15 is 0 Å². The van der Waals surface area contributed by atoms with Gasteiger partial charge in [-0.05, 0) is 210 Å². The molecule has 0 radical (unpaired) electrons. The number of hydrogen-bond acceptors (Lipinski definition) is 8. The highest BCUT2D eigenvalue weighted by atomic mass is 28.4. The van der Waals surface area contributed by atoms with Crippen LogP contribution in [0.1, 0.15) is 161 Å². The van der Waals surface area contributed by atoms with Crippen molar-refractivity contribution in [2.24, 2.45) is 0 Å². The standard InChI is InChI=1S/C66H104B2O8Si4/c1-21-77(22-2,23-3)73-63(43-47-65(48-44-63,75-79(27-7,28-8)29-9)55-35-33-37-57(51-55)67-69-59(13,14)60(15,16)70-67)53-39-41-54(42-40-53)64(74-78(24-4,25-5)26-6)45-49-66(50-46-64,76-80(30-10,31-11)32-12)56-36-34-38-58(52-56)68-71-61(17,18)62(19,20)72-68/h33-52H,21-32H2,1-20H3. The van der Waals surface area contributed by atoms with Gasteiger partial charge in [0.1, 0.15) is 22.4 Å². The maximum Gasteiger partial charge on any atom is 0.494 e. The zero-order chi connectivity index (χ0) is 58.9. The third-order valence-corrected chi connectivity index (χ3v) is 39.6. The van der Waals surface area contributed by atoms with Crippen LogP contribution in [0.15, 0.2) is 121 Å². The summed E-state index contributed by atoms with van der Waals surface area (Å²) in [5.74, 6) is 0. The van der Waals surface area contributed by atoms with Gasteiger partial charge in [0.05, 0.1) is 22.4 Å². The molecule has 3 aromatic carbocycles. The van der Waals surface area contributed by atoms with Crippen LogP contribution in [0.4, 0.5) is 0 Å². The summed E-state index contributed by atoms with van der Waals surface area (Å²) in [6.45, 7) is 44.8. The minimum Gasteiger partial charge on any atom is -0.401 e. The molecule has 2 aliphatic carbocycles. The Morgan fingerprint density at radius 2 is 0.500 bits per heavy atom. The van der Waals surface area contributed by atoms with Gasteiger partial charge in [-0.2, -0.15) is 0 Å². The Kier molecular flexibility index (Phi) is 19.7. The van der Waals surface area contributed by atoms with Crippen LogP contribution in [-0.4, -0.2) is 69.9 Å². The number of benzene rings is 3. The molecular weight excluding hydrogens is 1050 g/mol. The smallest absolute Gasteiger partial charge is 0.401 e. The Morgan fingerprint density at radius 3 is 0.700 bits per heavy atom. The van der Waals surface area contributed by atoms with Crippen LogP contribution in [0.3, 0.4) is 0 Å². The quantitative estimate of drug-likeness (QED) is 0.0581. The van der Waals surface area contributed by atoms with Crippen molar-refractivity contribution in [3.8, 4) is 0 Å². The van der Waals surface area contributed by atoms with Crippen molar-refractivity contribution >= 4 is 58.4 Å². The second-order valence-corrected chi connectivity index (χ2v) is 44.7. The van der Waals surface area contributed by atoms with E-state index in [2.05, 4.69) is 260 Å². The molecular formula is C66H104B2O8Si4. The Bertz CT molecular complexity index is 2420. The molecule has 0 aromatic heterocycles. The summed E-state index contributed by atoms with van der Waals surface area (Å²) in [7, 11) is -9.94. The predicted octanol–water partition coefficient (Wildman–Crippen LogP) is 16.8. The molecule has 80 heavy (non-hydrogen) atoms. The first-order valence-corrected chi connectivity index (χ1v) is 41.4. The highest BCUT2D eigenvalue weighted by Crippen LogP contribution is 2.50. The van der Waals surface area contributed by atoms with Gasteiger partial charge in [0, 0.05) is 0 Å². The van der Waals surface area contributed by atoms with Crippen LogP contribution < -0.4 is 10.9 Å². The van der Waals surface area contributed by atoms with Gasteiger partial charge in [0.15, 0.2) is 33.3 Å². The molecule has 3 aromatic rings. The van der Waals surface area contributed by atoms with Crippen molar-refractivity contribution in [2.75, 3.05) is 0 Å². The molecule has 0 unspecified atom stereocenters. The van der Waals surface area contributed by atoms with Crippen molar-refractivity contribution < 1.29 is 36.3 Å². The molecule has 0 spiro atoms. The van der Waals surface area contributed by atoms with E-state index < -0.39 is 92.3 Å². The second kappa shape index (κ2) is 24.3. The summed E-state index contributed by atoms with van der Waals surface area (Å²) in [5.41, 5.74) is 1.15. The molecule has 2 saturated heterocycles. The fourth-order valence-electron chi connectivity index (χ4n) is 12.6. The van der Waals surface area contributed by atoms with E-state index in [0.29, 0.717) is 0 Å². The minimum absolute atomic E-state index is 0.459. The summed E-state index contributed by atoms with van der Waals surface area (Å²) < 4.78 is 57.8. The molecule has 7 rings (SSSR count). The van der Waals surface area contributed by atoms with Gasteiger partial charge in [0.2, 0.25) is 0 Å². The topological polar surface area (TPSA) is 73.8 Å². The van der Waals surface area contributed by atoms with Crippen LogP contribution in [0.2, 0.25) is 72.5 Å². The molecule has 0 amide bonds. The Labute approximate surface area is 491 Å². The van der Waals surface area contributed by atoms with E-state index in [1.165, 1.54) is 0 Å². The molecule has 2 heterocycles. The van der Waals surface area contributed by atoms with Crippen LogP contribution in [-0.2, 0) is 58.7 Å². The summed E-state index contributed by atoms with van der Waals surface area (Å²) >= 11 is 0. The SMILES string of the molecule is CC[Si](CC)(CC)OC1(c2ccc(C3(O[Si](CC)(CC)CC)C=CC(O[Si](CC)(CC)CC)(c4cccc(B5OC(C)(C)C(C)(C)O5)c4)C=C3)cc2)C=CC(O[Si](CC)(CC)CC)(c2cccc(B3OC(C)(C)C(C)(C)O3)c2)C=C1. The molecule has 0 bridgehead atoms. The fourth-order valence-corrected chi connectivity index (χ4v) is 24.2. The molecule has 0 N–H and O–H groups in total. The summed E-state index contributed by atoms with van der Waals surface area (Å²) in [5, 5.41) is 0. The van der Waals surface area contributed by atoms with E-state index in [-0.39, 0.29) is 0 Å². The van der Waals surface area contributed by atoms with Crippen LogP contribution in [0.5, 0.6) is 0 Å². The van der Waals surface area contributed by atoms with Gasteiger partial charge in [-0.1, -0.05) is 156 Å². The molecule has 0 saturated carbocycles. The molecule has 14 heteroatoms. The third kappa shape index (κ3) is 12.1. The normalized spacial score (nSPS) is 26.2. The fraction of sp³-hybridized carbons (Fsp3) is 0.606. The first kappa shape index (κ1) is 64.9. The molecule has 4 aliphatic rings. The zero-order valence-corrected chi connectivity index (χ0v) is 57.5. The highest BCUT2D eigenvalue weighted by molar-refractivity contribution is 6.75. The van der Waals surface area contributed by atoms with Crippen molar-refractivity contribution in [3.05, 3.63) is 144 Å². The van der Waals surface area contributed by atoms with E-state index in [9.17, 15) is 0 Å². The van der Waals surface area contributed by atoms with E-state index in [1.54, 1.807) is 0 Å². The number of rotatable bonds is 26. The summed E-state index contributed by atoms with van der Waals surface area (Å²) in [6, 6.07) is 39.0. The van der Waals surface area contributed by atoms with Crippen LogP contribution in [0, 0.1) is 0 Å². The van der Waals surface area contributed by atoms with Crippen LogP contribution in [0.25, 0.3) is 0 Å². The molecule has 438 valence electrons. The lowest BCUT2D eigenvalue weighted by molar-refractivity contribution is 0.00578. The monoisotopic (exact) mass is 1160 g/mol. The van der Waals surface area contributed by atoms with Gasteiger partial charge in [-0.25, -0.2) is 0 Å². The Balaban J connectivity index is 1.37. The van der Waals surface area contributed by atoms with E-state index in [1.807, 2.05) is 0 Å². The lowest BCUT2D eigenvalue weighted by atomic mass is 9.75. The highest BCUT2D eigenvalue weighted by Gasteiger charge is 2.55. The van der Waals surface area contributed by atoms with Crippen molar-refractivity contribution in [1.29, 1.82) is 0 Å². The van der Waals surface area contributed by atoms with Crippen LogP contribution >= 0.6 is 0 Å². The van der Waals surface area contributed by atoms with Gasteiger partial charge in [0.25, 0.3) is 0 Å². The Hall–Kier alpha value is -2.70. The van der Waals surface area contributed by atoms with Gasteiger partial charge >= 0.3 is 14.2 Å². The van der Waals surface area contributed by atoms with E-state index in [0.717, 1.165) is 106 Å².